The largest absolute Gasteiger partial charge is 0.370 e. The number of hydrogen-bond acceptors (Lipinski definition) is 3. The Balaban J connectivity index is 1.65. The summed E-state index contributed by atoms with van der Waals surface area (Å²) in [5, 5.41) is 3.37. The Morgan fingerprint density at radius 2 is 2.04 bits per heavy atom. The molecule has 2 heterocycles. The molecule has 0 saturated carbocycles. The number of carbonyl (C=O) groups excluding carboxylic acids is 1. The molecule has 0 radical (unpaired) electrons. The molecule has 2 fully saturated rings. The van der Waals surface area contributed by atoms with Gasteiger partial charge in [0.05, 0.1) is 19.2 Å². The van der Waals surface area contributed by atoms with Gasteiger partial charge >= 0.3 is 0 Å². The van der Waals surface area contributed by atoms with E-state index in [1.165, 1.54) is 11.1 Å². The zero-order chi connectivity index (χ0) is 16.2. The Hall–Kier alpha value is -1.39. The van der Waals surface area contributed by atoms with Crippen LogP contribution in [0.4, 0.5) is 0 Å². The van der Waals surface area contributed by atoms with Crippen LogP contribution in [0.5, 0.6) is 0 Å². The van der Waals surface area contributed by atoms with Crippen molar-refractivity contribution in [2.75, 3.05) is 26.2 Å². The number of aryl methyl sites for hydroxylation is 1. The van der Waals surface area contributed by atoms with Crippen molar-refractivity contribution >= 4 is 5.91 Å². The maximum atomic E-state index is 12.8. The van der Waals surface area contributed by atoms with Crippen molar-refractivity contribution in [1.82, 2.24) is 10.2 Å². The Labute approximate surface area is 139 Å². The molecular formula is C19H28N2O2. The van der Waals surface area contributed by atoms with Crippen LogP contribution in [0.2, 0.25) is 0 Å². The van der Waals surface area contributed by atoms with Crippen molar-refractivity contribution in [2.24, 2.45) is 5.92 Å². The second-order valence-electron chi connectivity index (χ2n) is 6.97. The van der Waals surface area contributed by atoms with E-state index in [1.54, 1.807) is 0 Å². The summed E-state index contributed by atoms with van der Waals surface area (Å²) >= 11 is 0. The van der Waals surface area contributed by atoms with Crippen molar-refractivity contribution in [3.05, 3.63) is 35.4 Å². The molecule has 0 spiro atoms. The maximum Gasteiger partial charge on any atom is 0.223 e. The third kappa shape index (κ3) is 3.93. The number of nitrogens with zero attached hydrogens (tertiary/aromatic N) is 1. The van der Waals surface area contributed by atoms with Gasteiger partial charge in [-0.2, -0.15) is 0 Å². The number of carbonyl (C=O) groups is 1. The van der Waals surface area contributed by atoms with Gasteiger partial charge in [0.15, 0.2) is 0 Å². The van der Waals surface area contributed by atoms with E-state index in [2.05, 4.69) is 31.3 Å². The molecule has 1 aromatic rings. The maximum absolute atomic E-state index is 12.8. The fourth-order valence-corrected chi connectivity index (χ4v) is 3.69. The van der Waals surface area contributed by atoms with Gasteiger partial charge in [-0.3, -0.25) is 4.79 Å². The van der Waals surface area contributed by atoms with E-state index in [4.69, 9.17) is 4.74 Å². The zero-order valence-corrected chi connectivity index (χ0v) is 14.3. The van der Waals surface area contributed by atoms with Crippen LogP contribution in [0.3, 0.4) is 0 Å². The van der Waals surface area contributed by atoms with Crippen LogP contribution < -0.4 is 5.32 Å². The van der Waals surface area contributed by atoms with Crippen LogP contribution in [0, 0.1) is 12.8 Å². The third-order valence-electron chi connectivity index (χ3n) is 5.21. The molecule has 0 aromatic heterocycles. The highest BCUT2D eigenvalue weighted by atomic mass is 16.5. The van der Waals surface area contributed by atoms with E-state index < -0.39 is 0 Å². The molecule has 2 aliphatic heterocycles. The lowest BCUT2D eigenvalue weighted by atomic mass is 9.93. The summed E-state index contributed by atoms with van der Waals surface area (Å²) in [6.07, 6.45) is 2.92. The number of amides is 1. The number of rotatable bonds is 3. The predicted octanol–water partition coefficient (Wildman–Crippen LogP) is 2.67. The molecule has 0 aliphatic carbocycles. The van der Waals surface area contributed by atoms with E-state index in [0.29, 0.717) is 31.4 Å². The Morgan fingerprint density at radius 3 is 2.78 bits per heavy atom. The topological polar surface area (TPSA) is 41.6 Å². The molecule has 2 aliphatic rings. The van der Waals surface area contributed by atoms with Crippen molar-refractivity contribution in [1.29, 1.82) is 0 Å². The summed E-state index contributed by atoms with van der Waals surface area (Å²) in [5.41, 5.74) is 2.44. The Bertz CT molecular complexity index is 540. The van der Waals surface area contributed by atoms with Gasteiger partial charge in [-0.15, -0.1) is 0 Å². The van der Waals surface area contributed by atoms with E-state index in [9.17, 15) is 4.79 Å². The quantitative estimate of drug-likeness (QED) is 0.932. The molecule has 0 bridgehead atoms. The molecule has 126 valence electrons. The first-order chi connectivity index (χ1) is 11.1. The monoisotopic (exact) mass is 316 g/mol. The minimum atomic E-state index is 0.00405. The Kier molecular flexibility index (Phi) is 5.34. The van der Waals surface area contributed by atoms with Crippen molar-refractivity contribution in [2.45, 2.75) is 45.3 Å². The minimum Gasteiger partial charge on any atom is -0.370 e. The summed E-state index contributed by atoms with van der Waals surface area (Å²) in [7, 11) is 0. The Morgan fingerprint density at radius 1 is 1.30 bits per heavy atom. The number of hydrogen-bond donors (Lipinski definition) is 1. The van der Waals surface area contributed by atoms with Gasteiger partial charge < -0.3 is 15.0 Å². The van der Waals surface area contributed by atoms with Gasteiger partial charge in [0.1, 0.15) is 6.10 Å². The molecule has 4 nitrogen and oxygen atoms in total. The van der Waals surface area contributed by atoms with Gasteiger partial charge in [0.2, 0.25) is 5.91 Å². The molecule has 1 N–H and O–H groups in total. The highest BCUT2D eigenvalue weighted by molar-refractivity contribution is 5.77. The first-order valence-electron chi connectivity index (χ1n) is 8.82. The third-order valence-corrected chi connectivity index (χ3v) is 5.21. The number of nitrogens with one attached hydrogen (secondary N) is 1. The summed E-state index contributed by atoms with van der Waals surface area (Å²) in [4.78, 5) is 14.8. The second kappa shape index (κ2) is 7.45. The SMILES string of the molecule is Cc1ccccc1[C@H]1CN(C(=O)CC2CCNCC2)[C@H](C)CO1. The van der Waals surface area contributed by atoms with Gasteiger partial charge in [0.25, 0.3) is 0 Å². The van der Waals surface area contributed by atoms with Gasteiger partial charge in [-0.05, 0) is 56.8 Å². The summed E-state index contributed by atoms with van der Waals surface area (Å²) in [6.45, 7) is 7.59. The molecule has 1 amide bonds. The molecule has 1 aromatic carbocycles. The summed E-state index contributed by atoms with van der Waals surface area (Å²) in [5.74, 6) is 0.835. The van der Waals surface area contributed by atoms with Crippen molar-refractivity contribution in [3.63, 3.8) is 0 Å². The molecule has 0 unspecified atom stereocenters. The lowest BCUT2D eigenvalue weighted by Gasteiger charge is -2.39. The molecule has 2 atom stereocenters. The first kappa shape index (κ1) is 16.5. The van der Waals surface area contributed by atoms with E-state index in [1.807, 2.05) is 17.0 Å². The molecule has 3 rings (SSSR count). The molecule has 4 heteroatoms. The first-order valence-corrected chi connectivity index (χ1v) is 8.82. The van der Waals surface area contributed by atoms with Gasteiger partial charge in [0, 0.05) is 6.42 Å². The van der Waals surface area contributed by atoms with Gasteiger partial charge in [-0.25, -0.2) is 0 Å². The van der Waals surface area contributed by atoms with Crippen LogP contribution in [0.1, 0.15) is 43.4 Å². The summed E-state index contributed by atoms with van der Waals surface area (Å²) < 4.78 is 6.02. The standard InChI is InChI=1S/C19H28N2O2/c1-14-5-3-4-6-17(14)18-12-21(15(2)13-23-18)19(22)11-16-7-9-20-10-8-16/h3-6,15-16,18,20H,7-13H2,1-2H3/t15-,18-/m1/s1. The summed E-state index contributed by atoms with van der Waals surface area (Å²) in [6, 6.07) is 8.49. The van der Waals surface area contributed by atoms with Crippen LogP contribution in [-0.2, 0) is 9.53 Å². The van der Waals surface area contributed by atoms with Crippen LogP contribution >= 0.6 is 0 Å². The molecule has 2 saturated heterocycles. The fraction of sp³-hybridized carbons (Fsp3) is 0.632. The molecule has 23 heavy (non-hydrogen) atoms. The number of morpholine rings is 1. The highest BCUT2D eigenvalue weighted by Crippen LogP contribution is 2.28. The zero-order valence-electron chi connectivity index (χ0n) is 14.3. The normalized spacial score (nSPS) is 26.3. The van der Waals surface area contributed by atoms with Crippen molar-refractivity contribution < 1.29 is 9.53 Å². The van der Waals surface area contributed by atoms with Crippen LogP contribution in [-0.4, -0.2) is 43.1 Å². The average Bonchev–Trinajstić information content (AvgIpc) is 2.57. The number of benzene rings is 1. The van der Waals surface area contributed by atoms with Gasteiger partial charge in [-0.1, -0.05) is 24.3 Å². The number of piperidine rings is 1. The van der Waals surface area contributed by atoms with Crippen LogP contribution in [0.15, 0.2) is 24.3 Å². The van der Waals surface area contributed by atoms with E-state index in [-0.39, 0.29) is 12.1 Å². The van der Waals surface area contributed by atoms with Crippen LogP contribution in [0.25, 0.3) is 0 Å². The lowest BCUT2D eigenvalue weighted by Crippen LogP contribution is -2.49. The lowest BCUT2D eigenvalue weighted by molar-refractivity contribution is -0.145. The smallest absolute Gasteiger partial charge is 0.223 e. The molecular weight excluding hydrogens is 288 g/mol. The minimum absolute atomic E-state index is 0.00405. The number of ether oxygens (including phenoxy) is 1. The van der Waals surface area contributed by atoms with E-state index >= 15 is 0 Å². The fourth-order valence-electron chi connectivity index (χ4n) is 3.69. The predicted molar refractivity (Wildman–Crippen MR) is 91.3 cm³/mol. The second-order valence-corrected chi connectivity index (χ2v) is 6.97. The average molecular weight is 316 g/mol. The van der Waals surface area contributed by atoms with Crippen molar-refractivity contribution in [3.8, 4) is 0 Å². The highest BCUT2D eigenvalue weighted by Gasteiger charge is 2.32. The van der Waals surface area contributed by atoms with E-state index in [0.717, 1.165) is 25.9 Å².